The summed E-state index contributed by atoms with van der Waals surface area (Å²) in [5.74, 6) is -2.91. The van der Waals surface area contributed by atoms with Gasteiger partial charge in [0.15, 0.2) is 0 Å². The van der Waals surface area contributed by atoms with Gasteiger partial charge < -0.3 is 16.2 Å². The van der Waals surface area contributed by atoms with Crippen LogP contribution in [0.5, 0.6) is 0 Å². The van der Waals surface area contributed by atoms with E-state index in [4.69, 9.17) is 34.0 Å². The molecule has 2 amide bonds. The van der Waals surface area contributed by atoms with Gasteiger partial charge in [0, 0.05) is 15.6 Å². The third-order valence-electron chi connectivity index (χ3n) is 2.13. The van der Waals surface area contributed by atoms with E-state index in [0.717, 1.165) is 0 Å². The summed E-state index contributed by atoms with van der Waals surface area (Å²) < 4.78 is 0. The Balaban J connectivity index is 2.87. The first kappa shape index (κ1) is 15.3. The molecule has 6 nitrogen and oxygen atoms in total. The van der Waals surface area contributed by atoms with Crippen LogP contribution in [-0.4, -0.2) is 28.9 Å². The summed E-state index contributed by atoms with van der Waals surface area (Å²) in [5.41, 5.74) is 4.99. The van der Waals surface area contributed by atoms with Gasteiger partial charge in [-0.05, 0) is 18.2 Å². The molecule has 8 heteroatoms. The lowest BCUT2D eigenvalue weighted by Gasteiger charge is -2.13. The highest BCUT2D eigenvalue weighted by Crippen LogP contribution is 2.19. The average molecular weight is 305 g/mol. The number of nitrogens with two attached hydrogens (primary N) is 1. The fourth-order valence-electron chi connectivity index (χ4n) is 1.33. The molecule has 19 heavy (non-hydrogen) atoms. The molecular formula is C11H10Cl2N2O4. The Bertz CT molecular complexity index is 513. The van der Waals surface area contributed by atoms with Crippen molar-refractivity contribution in [1.29, 1.82) is 0 Å². The van der Waals surface area contributed by atoms with E-state index in [0.29, 0.717) is 0 Å². The molecule has 0 radical (unpaired) electrons. The molecule has 0 fully saturated rings. The van der Waals surface area contributed by atoms with Crippen molar-refractivity contribution in [2.24, 2.45) is 5.73 Å². The number of primary amides is 1. The minimum absolute atomic E-state index is 0.0909. The van der Waals surface area contributed by atoms with Gasteiger partial charge in [-0.1, -0.05) is 23.2 Å². The van der Waals surface area contributed by atoms with Crippen molar-refractivity contribution in [3.8, 4) is 0 Å². The zero-order chi connectivity index (χ0) is 14.6. The molecule has 0 unspecified atom stereocenters. The first-order valence-electron chi connectivity index (χ1n) is 5.07. The zero-order valence-electron chi connectivity index (χ0n) is 9.52. The second kappa shape index (κ2) is 6.40. The highest BCUT2D eigenvalue weighted by Gasteiger charge is 2.22. The highest BCUT2D eigenvalue weighted by molar-refractivity contribution is 6.35. The molecule has 0 heterocycles. The van der Waals surface area contributed by atoms with Crippen molar-refractivity contribution in [1.82, 2.24) is 5.32 Å². The summed E-state index contributed by atoms with van der Waals surface area (Å²) >= 11 is 11.4. The van der Waals surface area contributed by atoms with Crippen LogP contribution < -0.4 is 11.1 Å². The number of amides is 2. The van der Waals surface area contributed by atoms with Crippen LogP contribution in [-0.2, 0) is 9.59 Å². The summed E-state index contributed by atoms with van der Waals surface area (Å²) in [4.78, 5) is 33.4. The Kier molecular flexibility index (Phi) is 5.14. The molecule has 0 spiro atoms. The number of carboxylic acid groups (broad SMARTS) is 1. The standard InChI is InChI=1S/C11H10Cl2N2O4/c12-6-1-5(2-7(13)3-6)10(17)15-8(11(18)19)4-9(14)16/h1-3,8H,4H2,(H2,14,16)(H,15,17)(H,18,19)/t8-/m0/s1. The molecule has 1 aromatic carbocycles. The number of hydrogen-bond donors (Lipinski definition) is 3. The van der Waals surface area contributed by atoms with Gasteiger partial charge in [-0.2, -0.15) is 0 Å². The molecule has 0 aliphatic heterocycles. The average Bonchev–Trinajstić information content (AvgIpc) is 2.25. The van der Waals surface area contributed by atoms with Gasteiger partial charge in [-0.25, -0.2) is 4.79 Å². The number of aliphatic carboxylic acids is 1. The van der Waals surface area contributed by atoms with E-state index in [9.17, 15) is 14.4 Å². The van der Waals surface area contributed by atoms with Crippen molar-refractivity contribution >= 4 is 41.0 Å². The molecule has 0 saturated carbocycles. The third-order valence-corrected chi connectivity index (χ3v) is 2.57. The molecule has 4 N–H and O–H groups in total. The van der Waals surface area contributed by atoms with Crippen LogP contribution in [0.15, 0.2) is 18.2 Å². The monoisotopic (exact) mass is 304 g/mol. The highest BCUT2D eigenvalue weighted by atomic mass is 35.5. The predicted molar refractivity (Wildman–Crippen MR) is 69.2 cm³/mol. The molecule has 1 aromatic rings. The summed E-state index contributed by atoms with van der Waals surface area (Å²) in [7, 11) is 0. The van der Waals surface area contributed by atoms with Gasteiger partial charge >= 0.3 is 5.97 Å². The van der Waals surface area contributed by atoms with E-state index < -0.39 is 30.2 Å². The fraction of sp³-hybridized carbons (Fsp3) is 0.182. The SMILES string of the molecule is NC(=O)C[C@H](NC(=O)c1cc(Cl)cc(Cl)c1)C(=O)O. The van der Waals surface area contributed by atoms with Gasteiger partial charge in [0.1, 0.15) is 6.04 Å². The predicted octanol–water partition coefficient (Wildman–Crippen LogP) is 1.05. The quantitative estimate of drug-likeness (QED) is 0.755. The molecule has 1 rings (SSSR count). The van der Waals surface area contributed by atoms with Gasteiger partial charge in [0.2, 0.25) is 5.91 Å². The number of halogens is 2. The van der Waals surface area contributed by atoms with Crippen molar-refractivity contribution in [3.63, 3.8) is 0 Å². The first-order valence-corrected chi connectivity index (χ1v) is 5.83. The molecule has 0 aromatic heterocycles. The van der Waals surface area contributed by atoms with Gasteiger partial charge in [0.25, 0.3) is 5.91 Å². The lowest BCUT2D eigenvalue weighted by molar-refractivity contribution is -0.140. The van der Waals surface area contributed by atoms with Crippen LogP contribution in [0.25, 0.3) is 0 Å². The Morgan fingerprint density at radius 3 is 2.16 bits per heavy atom. The number of hydrogen-bond acceptors (Lipinski definition) is 3. The second-order valence-electron chi connectivity index (χ2n) is 3.69. The van der Waals surface area contributed by atoms with E-state index in [-0.39, 0.29) is 15.6 Å². The molecular weight excluding hydrogens is 295 g/mol. The van der Waals surface area contributed by atoms with Gasteiger partial charge in [-0.3, -0.25) is 9.59 Å². The Morgan fingerprint density at radius 1 is 1.21 bits per heavy atom. The minimum Gasteiger partial charge on any atom is -0.480 e. The normalized spacial score (nSPS) is 11.7. The van der Waals surface area contributed by atoms with Crippen molar-refractivity contribution in [3.05, 3.63) is 33.8 Å². The maximum Gasteiger partial charge on any atom is 0.326 e. The number of carboxylic acids is 1. The van der Waals surface area contributed by atoms with E-state index in [1.54, 1.807) is 0 Å². The zero-order valence-corrected chi connectivity index (χ0v) is 11.0. The van der Waals surface area contributed by atoms with Gasteiger partial charge in [-0.15, -0.1) is 0 Å². The van der Waals surface area contributed by atoms with Crippen LogP contribution in [0, 0.1) is 0 Å². The number of nitrogens with one attached hydrogen (secondary N) is 1. The van der Waals surface area contributed by atoms with Crippen LogP contribution in [0.1, 0.15) is 16.8 Å². The third kappa shape index (κ3) is 4.76. The summed E-state index contributed by atoms with van der Waals surface area (Å²) in [6, 6.07) is 2.68. The number of carbonyl (C=O) groups excluding carboxylic acids is 2. The summed E-state index contributed by atoms with van der Waals surface area (Å²) in [6.07, 6.45) is -0.505. The number of carbonyl (C=O) groups is 3. The molecule has 1 atom stereocenters. The van der Waals surface area contributed by atoms with E-state index in [1.165, 1.54) is 18.2 Å². The molecule has 0 aliphatic carbocycles. The largest absolute Gasteiger partial charge is 0.480 e. The van der Waals surface area contributed by atoms with Crippen molar-refractivity contribution in [2.45, 2.75) is 12.5 Å². The van der Waals surface area contributed by atoms with Crippen LogP contribution in [0.2, 0.25) is 10.0 Å². The van der Waals surface area contributed by atoms with E-state index >= 15 is 0 Å². The second-order valence-corrected chi connectivity index (χ2v) is 4.57. The van der Waals surface area contributed by atoms with Crippen LogP contribution in [0.4, 0.5) is 0 Å². The first-order chi connectivity index (χ1) is 8.79. The van der Waals surface area contributed by atoms with Crippen LogP contribution >= 0.6 is 23.2 Å². The van der Waals surface area contributed by atoms with Crippen molar-refractivity contribution in [2.75, 3.05) is 0 Å². The smallest absolute Gasteiger partial charge is 0.326 e. The topological polar surface area (TPSA) is 109 Å². The lowest BCUT2D eigenvalue weighted by atomic mass is 10.1. The molecule has 0 aliphatic rings. The van der Waals surface area contributed by atoms with Crippen molar-refractivity contribution < 1.29 is 19.5 Å². The number of benzene rings is 1. The van der Waals surface area contributed by atoms with Gasteiger partial charge in [0.05, 0.1) is 6.42 Å². The van der Waals surface area contributed by atoms with E-state index in [1.807, 2.05) is 0 Å². The van der Waals surface area contributed by atoms with E-state index in [2.05, 4.69) is 5.32 Å². The maximum atomic E-state index is 11.8. The Hall–Kier alpha value is -1.79. The fourth-order valence-corrected chi connectivity index (χ4v) is 1.85. The number of rotatable bonds is 5. The molecule has 102 valence electrons. The maximum absolute atomic E-state index is 11.8. The molecule has 0 bridgehead atoms. The lowest BCUT2D eigenvalue weighted by Crippen LogP contribution is -2.43. The molecule has 0 saturated heterocycles. The summed E-state index contributed by atoms with van der Waals surface area (Å²) in [5, 5.41) is 11.5. The Morgan fingerprint density at radius 2 is 1.74 bits per heavy atom. The Labute approximate surface area is 118 Å². The minimum atomic E-state index is -1.40. The summed E-state index contributed by atoms with van der Waals surface area (Å²) in [6.45, 7) is 0. The van der Waals surface area contributed by atoms with Crippen LogP contribution in [0.3, 0.4) is 0 Å².